The highest BCUT2D eigenvalue weighted by Crippen LogP contribution is 2.46. The molecule has 0 bridgehead atoms. The molecule has 0 aromatic heterocycles. The van der Waals surface area contributed by atoms with Gasteiger partial charge in [-0.05, 0) is 49.5 Å². The Balaban J connectivity index is 2.27. The van der Waals surface area contributed by atoms with Crippen LogP contribution in [-0.4, -0.2) is 11.2 Å². The van der Waals surface area contributed by atoms with Crippen LogP contribution in [0.25, 0.3) is 0 Å². The largest absolute Gasteiger partial charge is 0.389 e. The van der Waals surface area contributed by atoms with E-state index in [4.69, 9.17) is 0 Å². The average molecular weight is 166 g/mol. The molecule has 0 aliphatic heterocycles. The molecular formula is C11H18O. The number of rotatable bonds is 0. The Kier molecular flexibility index (Phi) is 1.99. The van der Waals surface area contributed by atoms with Crippen molar-refractivity contribution in [3.05, 3.63) is 11.6 Å². The Hall–Kier alpha value is -0.300. The summed E-state index contributed by atoms with van der Waals surface area (Å²) in [5, 5.41) is 9.80. The fourth-order valence-electron chi connectivity index (χ4n) is 2.79. The first-order valence-corrected chi connectivity index (χ1v) is 5.11. The van der Waals surface area contributed by atoms with Crippen LogP contribution in [0.3, 0.4) is 0 Å². The van der Waals surface area contributed by atoms with Crippen molar-refractivity contribution in [1.29, 1.82) is 0 Å². The summed E-state index contributed by atoms with van der Waals surface area (Å²) in [6.45, 7) is 2.32. The molecule has 2 aliphatic rings. The van der Waals surface area contributed by atoms with Gasteiger partial charge in [0.1, 0.15) is 0 Å². The maximum Gasteiger partial charge on any atom is 0.0755 e. The lowest BCUT2D eigenvalue weighted by Crippen LogP contribution is -2.33. The Morgan fingerprint density at radius 1 is 1.42 bits per heavy atom. The molecule has 1 saturated carbocycles. The van der Waals surface area contributed by atoms with Gasteiger partial charge in [-0.2, -0.15) is 0 Å². The van der Waals surface area contributed by atoms with Crippen LogP contribution in [-0.2, 0) is 0 Å². The quantitative estimate of drug-likeness (QED) is 0.548. The zero-order valence-electron chi connectivity index (χ0n) is 7.84. The lowest BCUT2D eigenvalue weighted by atomic mass is 9.65. The molecule has 2 rings (SSSR count). The van der Waals surface area contributed by atoms with Crippen molar-refractivity contribution >= 4 is 0 Å². The van der Waals surface area contributed by atoms with Crippen molar-refractivity contribution < 1.29 is 5.11 Å². The second-order valence-electron chi connectivity index (χ2n) is 4.52. The van der Waals surface area contributed by atoms with Gasteiger partial charge in [0.2, 0.25) is 0 Å². The van der Waals surface area contributed by atoms with Crippen LogP contribution in [0.4, 0.5) is 0 Å². The van der Waals surface area contributed by atoms with E-state index in [1.807, 2.05) is 0 Å². The highest BCUT2D eigenvalue weighted by atomic mass is 16.3. The second-order valence-corrected chi connectivity index (χ2v) is 4.52. The monoisotopic (exact) mass is 166 g/mol. The van der Waals surface area contributed by atoms with E-state index in [0.717, 1.165) is 6.42 Å². The molecule has 0 aromatic carbocycles. The molecule has 2 aliphatic carbocycles. The van der Waals surface area contributed by atoms with Crippen molar-refractivity contribution in [2.75, 3.05) is 0 Å². The molecule has 0 saturated heterocycles. The van der Waals surface area contributed by atoms with Gasteiger partial charge in [0.05, 0.1) is 6.10 Å². The number of hydrogen-bond donors (Lipinski definition) is 1. The Labute approximate surface area is 74.5 Å². The molecule has 0 heterocycles. The van der Waals surface area contributed by atoms with Crippen LogP contribution in [0.15, 0.2) is 11.6 Å². The summed E-state index contributed by atoms with van der Waals surface area (Å²) in [6, 6.07) is 0. The van der Waals surface area contributed by atoms with Crippen LogP contribution >= 0.6 is 0 Å². The van der Waals surface area contributed by atoms with Gasteiger partial charge in [-0.1, -0.05) is 13.0 Å². The van der Waals surface area contributed by atoms with Crippen LogP contribution in [0.1, 0.15) is 45.4 Å². The molecule has 2 unspecified atom stereocenters. The summed E-state index contributed by atoms with van der Waals surface area (Å²) in [6.07, 6.45) is 9.42. The van der Waals surface area contributed by atoms with E-state index in [1.165, 1.54) is 37.7 Å². The number of hydrogen-bond acceptors (Lipinski definition) is 1. The maximum atomic E-state index is 9.80. The Morgan fingerprint density at radius 3 is 2.92 bits per heavy atom. The lowest BCUT2D eigenvalue weighted by Gasteiger charge is -2.42. The molecule has 0 spiro atoms. The third-order valence-electron chi connectivity index (χ3n) is 3.56. The van der Waals surface area contributed by atoms with Crippen molar-refractivity contribution in [3.8, 4) is 0 Å². The molecule has 68 valence electrons. The summed E-state index contributed by atoms with van der Waals surface area (Å²) in [5.41, 5.74) is 1.70. The first kappa shape index (κ1) is 8.31. The third kappa shape index (κ3) is 1.20. The highest BCUT2D eigenvalue weighted by Gasteiger charge is 2.37. The third-order valence-corrected chi connectivity index (χ3v) is 3.56. The normalized spacial score (nSPS) is 41.8. The predicted molar refractivity (Wildman–Crippen MR) is 49.9 cm³/mol. The number of aliphatic hydroxyl groups is 1. The first-order chi connectivity index (χ1) is 5.72. The van der Waals surface area contributed by atoms with Crippen molar-refractivity contribution in [3.63, 3.8) is 0 Å². The predicted octanol–water partition coefficient (Wildman–Crippen LogP) is 2.65. The summed E-state index contributed by atoms with van der Waals surface area (Å²) in [7, 11) is 0. The molecule has 1 fully saturated rings. The Morgan fingerprint density at radius 2 is 2.17 bits per heavy atom. The molecule has 1 heteroatoms. The van der Waals surface area contributed by atoms with Gasteiger partial charge in [-0.15, -0.1) is 0 Å². The fourth-order valence-corrected chi connectivity index (χ4v) is 2.79. The highest BCUT2D eigenvalue weighted by molar-refractivity contribution is 5.22. The SMILES string of the molecule is CC12CCCC=C1C(O)CCC2. The smallest absolute Gasteiger partial charge is 0.0755 e. The van der Waals surface area contributed by atoms with E-state index in [-0.39, 0.29) is 6.10 Å². The molecule has 0 radical (unpaired) electrons. The summed E-state index contributed by atoms with van der Waals surface area (Å²) >= 11 is 0. The number of allylic oxidation sites excluding steroid dienone is 1. The molecule has 12 heavy (non-hydrogen) atoms. The molecular weight excluding hydrogens is 148 g/mol. The molecule has 0 amide bonds. The summed E-state index contributed by atoms with van der Waals surface area (Å²) in [5.74, 6) is 0. The van der Waals surface area contributed by atoms with Crippen molar-refractivity contribution in [2.45, 2.75) is 51.6 Å². The van der Waals surface area contributed by atoms with E-state index in [9.17, 15) is 5.11 Å². The summed E-state index contributed by atoms with van der Waals surface area (Å²) in [4.78, 5) is 0. The minimum atomic E-state index is -0.121. The van der Waals surface area contributed by atoms with Crippen LogP contribution in [0.5, 0.6) is 0 Å². The number of fused-ring (bicyclic) bond motifs is 1. The van der Waals surface area contributed by atoms with E-state index in [2.05, 4.69) is 13.0 Å². The van der Waals surface area contributed by atoms with Gasteiger partial charge in [0, 0.05) is 0 Å². The molecule has 2 atom stereocenters. The van der Waals surface area contributed by atoms with Crippen LogP contribution in [0, 0.1) is 5.41 Å². The lowest BCUT2D eigenvalue weighted by molar-refractivity contribution is 0.115. The topological polar surface area (TPSA) is 20.2 Å². The van der Waals surface area contributed by atoms with Gasteiger partial charge in [0.25, 0.3) is 0 Å². The first-order valence-electron chi connectivity index (χ1n) is 5.11. The second kappa shape index (κ2) is 2.88. The van der Waals surface area contributed by atoms with E-state index in [1.54, 1.807) is 0 Å². The van der Waals surface area contributed by atoms with Gasteiger partial charge in [0.15, 0.2) is 0 Å². The summed E-state index contributed by atoms with van der Waals surface area (Å²) < 4.78 is 0. The standard InChI is InChI=1S/C11H18O/c1-11-7-3-2-5-9(11)10(12)6-4-8-11/h5,10,12H,2-4,6-8H2,1H3. The van der Waals surface area contributed by atoms with Crippen LogP contribution in [0.2, 0.25) is 0 Å². The van der Waals surface area contributed by atoms with E-state index >= 15 is 0 Å². The average Bonchev–Trinajstić information content (AvgIpc) is 2.04. The van der Waals surface area contributed by atoms with E-state index < -0.39 is 0 Å². The van der Waals surface area contributed by atoms with Gasteiger partial charge < -0.3 is 5.11 Å². The fraction of sp³-hybridized carbons (Fsp3) is 0.818. The molecule has 1 N–H and O–H groups in total. The minimum Gasteiger partial charge on any atom is -0.389 e. The van der Waals surface area contributed by atoms with Crippen molar-refractivity contribution in [2.24, 2.45) is 5.41 Å². The minimum absolute atomic E-state index is 0.121. The van der Waals surface area contributed by atoms with Gasteiger partial charge in [-0.25, -0.2) is 0 Å². The Bertz CT molecular complexity index is 207. The molecule has 1 nitrogen and oxygen atoms in total. The van der Waals surface area contributed by atoms with Gasteiger partial charge >= 0.3 is 0 Å². The maximum absolute atomic E-state index is 9.80. The van der Waals surface area contributed by atoms with Crippen LogP contribution < -0.4 is 0 Å². The molecule has 0 aromatic rings. The van der Waals surface area contributed by atoms with Gasteiger partial charge in [-0.3, -0.25) is 0 Å². The zero-order valence-corrected chi connectivity index (χ0v) is 7.84. The zero-order chi connectivity index (χ0) is 8.60. The van der Waals surface area contributed by atoms with E-state index in [0.29, 0.717) is 5.41 Å². The van der Waals surface area contributed by atoms with Crippen molar-refractivity contribution in [1.82, 2.24) is 0 Å². The number of aliphatic hydroxyl groups excluding tert-OH is 1.